The second-order valence-electron chi connectivity index (χ2n) is 5.85. The molecule has 1 atom stereocenters. The fourth-order valence-electron chi connectivity index (χ4n) is 3.14. The van der Waals surface area contributed by atoms with Gasteiger partial charge in [0.15, 0.2) is 0 Å². The Balaban J connectivity index is 1.54. The predicted octanol–water partition coefficient (Wildman–Crippen LogP) is 5.62. The lowest BCUT2D eigenvalue weighted by Gasteiger charge is -2.28. The van der Waals surface area contributed by atoms with Crippen molar-refractivity contribution in [2.24, 2.45) is 0 Å². The summed E-state index contributed by atoms with van der Waals surface area (Å²) in [4.78, 5) is 0. The molecule has 1 unspecified atom stereocenters. The second-order valence-corrected chi connectivity index (χ2v) is 8.57. The zero-order valence-corrected chi connectivity index (χ0v) is 14.2. The Labute approximate surface area is 140 Å². The van der Waals surface area contributed by atoms with Crippen LogP contribution in [0.3, 0.4) is 0 Å². The zero-order chi connectivity index (χ0) is 14.8. The van der Waals surface area contributed by atoms with Crippen LogP contribution >= 0.6 is 23.5 Å². The van der Waals surface area contributed by atoms with Crippen LogP contribution in [0.1, 0.15) is 40.2 Å². The van der Waals surface area contributed by atoms with Gasteiger partial charge in [0, 0.05) is 0 Å². The van der Waals surface area contributed by atoms with Gasteiger partial charge in [-0.2, -0.15) is 0 Å². The van der Waals surface area contributed by atoms with Crippen LogP contribution in [0.5, 0.6) is 5.75 Å². The van der Waals surface area contributed by atoms with Gasteiger partial charge in [0.25, 0.3) is 0 Å². The molecule has 2 aliphatic rings. The third-order valence-electron chi connectivity index (χ3n) is 4.30. The number of hydrogen-bond donors (Lipinski definition) is 0. The maximum atomic E-state index is 6.25. The highest BCUT2D eigenvalue weighted by Crippen LogP contribution is 2.45. The molecule has 0 spiro atoms. The molecule has 2 aromatic rings. The summed E-state index contributed by atoms with van der Waals surface area (Å²) in [7, 11) is 0. The summed E-state index contributed by atoms with van der Waals surface area (Å²) in [6.07, 6.45) is 3.74. The number of hydrogen-bond acceptors (Lipinski definition) is 3. The molecule has 0 aliphatic carbocycles. The van der Waals surface area contributed by atoms with Crippen molar-refractivity contribution in [1.29, 1.82) is 0 Å². The molecule has 0 radical (unpaired) electrons. The van der Waals surface area contributed by atoms with Crippen LogP contribution in [0.25, 0.3) is 0 Å². The quantitative estimate of drug-likeness (QED) is 0.708. The van der Waals surface area contributed by atoms with Gasteiger partial charge in [-0.05, 0) is 53.5 Å². The average Bonchev–Trinajstić information content (AvgIpc) is 2.62. The smallest absolute Gasteiger partial charge is 0.124 e. The highest BCUT2D eigenvalue weighted by molar-refractivity contribution is 8.16. The molecular weight excluding hydrogens is 308 g/mol. The maximum absolute atomic E-state index is 6.25. The topological polar surface area (TPSA) is 9.23 Å². The van der Waals surface area contributed by atoms with Crippen molar-refractivity contribution in [2.45, 2.75) is 29.9 Å². The molecule has 2 aliphatic heterocycles. The average molecular weight is 329 g/mol. The van der Waals surface area contributed by atoms with E-state index in [0.29, 0.717) is 4.58 Å². The standard InChI is InChI=1S/C19H20OS2/c1-2-5-14(6-3-1)17-9-7-15-13-16(8-10-18(15)20-17)19-21-11-4-12-22-19/h1-3,5-6,8,10,13,17,19H,4,7,9,11-12H2. The minimum atomic E-state index is 0.206. The van der Waals surface area contributed by atoms with Crippen molar-refractivity contribution >= 4 is 23.5 Å². The van der Waals surface area contributed by atoms with Gasteiger partial charge in [-0.25, -0.2) is 0 Å². The van der Waals surface area contributed by atoms with E-state index in [1.807, 2.05) is 0 Å². The van der Waals surface area contributed by atoms with Gasteiger partial charge in [-0.1, -0.05) is 42.5 Å². The number of ether oxygens (including phenoxy) is 1. The molecule has 0 saturated carbocycles. The molecular formula is C19H20OS2. The highest BCUT2D eigenvalue weighted by atomic mass is 32.2. The summed E-state index contributed by atoms with van der Waals surface area (Å²) in [5.41, 5.74) is 4.14. The summed E-state index contributed by atoms with van der Waals surface area (Å²) >= 11 is 4.17. The zero-order valence-electron chi connectivity index (χ0n) is 12.5. The van der Waals surface area contributed by atoms with Crippen LogP contribution in [0.15, 0.2) is 48.5 Å². The highest BCUT2D eigenvalue weighted by Gasteiger charge is 2.23. The molecule has 114 valence electrons. The summed E-state index contributed by atoms with van der Waals surface area (Å²) in [6.45, 7) is 0. The fourth-order valence-corrected chi connectivity index (χ4v) is 6.01. The van der Waals surface area contributed by atoms with E-state index in [2.05, 4.69) is 72.1 Å². The van der Waals surface area contributed by atoms with Crippen molar-refractivity contribution in [3.05, 3.63) is 65.2 Å². The number of rotatable bonds is 2. The fraction of sp³-hybridized carbons (Fsp3) is 0.368. The van der Waals surface area contributed by atoms with E-state index in [1.165, 1.54) is 34.6 Å². The van der Waals surface area contributed by atoms with Crippen LogP contribution in [0.4, 0.5) is 0 Å². The summed E-state index contributed by atoms with van der Waals surface area (Å²) in [5, 5.41) is 0. The molecule has 1 fully saturated rings. The van der Waals surface area contributed by atoms with Gasteiger partial charge in [0.2, 0.25) is 0 Å². The molecule has 2 aromatic carbocycles. The van der Waals surface area contributed by atoms with E-state index in [9.17, 15) is 0 Å². The molecule has 1 nitrogen and oxygen atoms in total. The first-order valence-electron chi connectivity index (χ1n) is 7.98. The first kappa shape index (κ1) is 14.5. The van der Waals surface area contributed by atoms with Crippen LogP contribution in [0, 0.1) is 0 Å². The van der Waals surface area contributed by atoms with E-state index in [1.54, 1.807) is 0 Å². The van der Waals surface area contributed by atoms with Gasteiger partial charge >= 0.3 is 0 Å². The molecule has 0 bridgehead atoms. The SMILES string of the molecule is c1ccc(C2CCc3cc(C4SCCCS4)ccc3O2)cc1. The molecule has 1 saturated heterocycles. The Kier molecular flexibility index (Phi) is 4.35. The lowest BCUT2D eigenvalue weighted by Crippen LogP contribution is -2.15. The van der Waals surface area contributed by atoms with Crippen LogP contribution in [0.2, 0.25) is 0 Å². The lowest BCUT2D eigenvalue weighted by molar-refractivity contribution is 0.176. The predicted molar refractivity (Wildman–Crippen MR) is 96.8 cm³/mol. The van der Waals surface area contributed by atoms with Gasteiger partial charge < -0.3 is 4.74 Å². The Morgan fingerprint density at radius 1 is 0.909 bits per heavy atom. The Morgan fingerprint density at radius 2 is 1.73 bits per heavy atom. The Morgan fingerprint density at radius 3 is 2.55 bits per heavy atom. The van der Waals surface area contributed by atoms with Crippen molar-refractivity contribution < 1.29 is 4.74 Å². The van der Waals surface area contributed by atoms with E-state index in [-0.39, 0.29) is 6.10 Å². The van der Waals surface area contributed by atoms with Gasteiger partial charge in [-0.3, -0.25) is 0 Å². The molecule has 0 aromatic heterocycles. The largest absolute Gasteiger partial charge is 0.485 e. The monoisotopic (exact) mass is 328 g/mol. The Hall–Kier alpha value is -1.06. The summed E-state index contributed by atoms with van der Waals surface area (Å²) in [6, 6.07) is 17.4. The van der Waals surface area contributed by atoms with Gasteiger partial charge in [-0.15, -0.1) is 23.5 Å². The normalized spacial score (nSPS) is 21.9. The third kappa shape index (κ3) is 3.02. The number of benzene rings is 2. The summed E-state index contributed by atoms with van der Waals surface area (Å²) in [5.74, 6) is 3.66. The molecule has 0 N–H and O–H groups in total. The minimum absolute atomic E-state index is 0.206. The van der Waals surface area contributed by atoms with Crippen LogP contribution in [-0.4, -0.2) is 11.5 Å². The van der Waals surface area contributed by atoms with Gasteiger partial charge in [0.05, 0.1) is 4.58 Å². The van der Waals surface area contributed by atoms with Crippen molar-refractivity contribution in [2.75, 3.05) is 11.5 Å². The first-order chi connectivity index (χ1) is 10.9. The molecule has 4 rings (SSSR count). The Bertz CT molecular complexity index is 635. The number of aryl methyl sites for hydroxylation is 1. The van der Waals surface area contributed by atoms with Crippen molar-refractivity contribution in [1.82, 2.24) is 0 Å². The number of thioether (sulfide) groups is 2. The van der Waals surface area contributed by atoms with Crippen LogP contribution < -0.4 is 4.74 Å². The van der Waals surface area contributed by atoms with E-state index in [4.69, 9.17) is 4.74 Å². The van der Waals surface area contributed by atoms with Gasteiger partial charge in [0.1, 0.15) is 11.9 Å². The lowest BCUT2D eigenvalue weighted by atomic mass is 9.96. The van der Waals surface area contributed by atoms with E-state index < -0.39 is 0 Å². The molecule has 3 heteroatoms. The number of fused-ring (bicyclic) bond motifs is 1. The van der Waals surface area contributed by atoms with E-state index >= 15 is 0 Å². The van der Waals surface area contributed by atoms with Crippen molar-refractivity contribution in [3.63, 3.8) is 0 Å². The maximum Gasteiger partial charge on any atom is 0.124 e. The molecule has 22 heavy (non-hydrogen) atoms. The molecule has 0 amide bonds. The first-order valence-corrected chi connectivity index (χ1v) is 10.1. The summed E-state index contributed by atoms with van der Waals surface area (Å²) < 4.78 is 6.86. The minimum Gasteiger partial charge on any atom is -0.485 e. The molecule has 2 heterocycles. The third-order valence-corrected chi connectivity index (χ3v) is 7.32. The second kappa shape index (κ2) is 6.59. The van der Waals surface area contributed by atoms with E-state index in [0.717, 1.165) is 18.6 Å². The van der Waals surface area contributed by atoms with Crippen LogP contribution in [-0.2, 0) is 6.42 Å². The van der Waals surface area contributed by atoms with Crippen molar-refractivity contribution in [3.8, 4) is 5.75 Å².